The van der Waals surface area contributed by atoms with E-state index < -0.39 is 26.0 Å². The van der Waals surface area contributed by atoms with Crippen LogP contribution in [0.3, 0.4) is 0 Å². The molecule has 0 saturated heterocycles. The van der Waals surface area contributed by atoms with E-state index in [2.05, 4.69) is 45.3 Å². The Kier molecular flexibility index (Phi) is 9.55. The van der Waals surface area contributed by atoms with Crippen molar-refractivity contribution < 1.29 is 35.0 Å². The second-order valence-electron chi connectivity index (χ2n) is 9.61. The molecule has 0 atom stereocenters. The number of aryl methyl sites for hydroxylation is 1. The summed E-state index contributed by atoms with van der Waals surface area (Å²) in [4.78, 5) is 2.07. The average molecular weight is 697 g/mol. The van der Waals surface area contributed by atoms with Crippen LogP contribution < -0.4 is 24.1 Å². The molecular formula is C28H31N3O7S3Se. The predicted molar refractivity (Wildman–Crippen MR) is 166 cm³/mol. The summed E-state index contributed by atoms with van der Waals surface area (Å²) in [6.07, 6.45) is 2.65. The van der Waals surface area contributed by atoms with E-state index in [1.807, 2.05) is 30.3 Å². The van der Waals surface area contributed by atoms with E-state index in [4.69, 9.17) is 9.02 Å². The molecule has 0 aliphatic carbocycles. The summed E-state index contributed by atoms with van der Waals surface area (Å²) in [7, 11) is -6.47. The number of hydrogen-bond acceptors (Lipinski definition) is 10. The van der Waals surface area contributed by atoms with Crippen molar-refractivity contribution in [2.75, 3.05) is 36.6 Å². The quantitative estimate of drug-likeness (QED) is 0.0972. The molecule has 1 aliphatic rings. The van der Waals surface area contributed by atoms with Crippen molar-refractivity contribution in [2.24, 2.45) is 0 Å². The van der Waals surface area contributed by atoms with E-state index in [1.165, 1.54) is 0 Å². The molecule has 0 unspecified atom stereocenters. The van der Waals surface area contributed by atoms with Gasteiger partial charge in [0.2, 0.25) is 0 Å². The molecule has 42 heavy (non-hydrogen) atoms. The van der Waals surface area contributed by atoms with Gasteiger partial charge in [-0.25, -0.2) is 0 Å². The van der Waals surface area contributed by atoms with Gasteiger partial charge in [-0.15, -0.1) is 0 Å². The molecule has 1 N–H and O–H groups in total. The van der Waals surface area contributed by atoms with Gasteiger partial charge in [0.05, 0.1) is 0 Å². The van der Waals surface area contributed by atoms with E-state index >= 15 is 0 Å². The number of thiazole rings is 1. The van der Waals surface area contributed by atoms with Crippen LogP contribution in [0.4, 0.5) is 5.69 Å². The molecule has 1 aliphatic heterocycles. The van der Waals surface area contributed by atoms with E-state index in [9.17, 15) is 21.4 Å². The second-order valence-corrected chi connectivity index (χ2v) is 16.1. The molecule has 14 heteroatoms. The van der Waals surface area contributed by atoms with Gasteiger partial charge in [-0.3, -0.25) is 0 Å². The average Bonchev–Trinajstić information content (AvgIpc) is 3.48. The van der Waals surface area contributed by atoms with Crippen LogP contribution in [0.25, 0.3) is 27.1 Å². The van der Waals surface area contributed by atoms with E-state index in [0.29, 0.717) is 31.8 Å². The van der Waals surface area contributed by atoms with Crippen molar-refractivity contribution in [3.05, 3.63) is 64.2 Å². The molecule has 5 rings (SSSR count). The molecule has 224 valence electrons. The summed E-state index contributed by atoms with van der Waals surface area (Å²) in [6.45, 7) is 2.95. The van der Waals surface area contributed by atoms with Crippen molar-refractivity contribution in [1.82, 2.24) is 5.48 Å². The first-order valence-electron chi connectivity index (χ1n) is 13.4. The van der Waals surface area contributed by atoms with Crippen molar-refractivity contribution in [3.63, 3.8) is 0 Å². The van der Waals surface area contributed by atoms with Gasteiger partial charge in [0.25, 0.3) is 0 Å². The van der Waals surface area contributed by atoms with Crippen LogP contribution in [0.15, 0.2) is 59.2 Å². The van der Waals surface area contributed by atoms with Crippen LogP contribution in [0.5, 0.6) is 5.75 Å². The zero-order valence-corrected chi connectivity index (χ0v) is 27.3. The summed E-state index contributed by atoms with van der Waals surface area (Å²) < 4.78 is 74.4. The standard InChI is InChI=1S/C28H31N3O7S3Se/c1-3-29-38-41(35,36)17-7-15-31-26(39-24-12-10-20-8-4-5-9-22(20)28(24)31)19-27-30(14-6-16-40(32,33)34)23-18-21(37-2)11-13-25(23)42-27/h4-5,8-13,18-19,29H,3,6-7,14-17H2,1-2H3. The number of hydrogen-bond donors (Lipinski definition) is 1. The SMILES string of the molecule is CCNOS(=O)(=O)CCC[n+]1c(C=C2[Se]c3ccc(OC)cc3N2CCCS(=O)(=O)[O-])sc2ccc3ccccc3c21. The number of ether oxygens (including phenoxy) is 1. The van der Waals surface area contributed by atoms with Crippen LogP contribution in [0.1, 0.15) is 24.8 Å². The van der Waals surface area contributed by atoms with Crippen molar-refractivity contribution >= 4 is 83.7 Å². The van der Waals surface area contributed by atoms with Gasteiger partial charge in [0.1, 0.15) is 0 Å². The van der Waals surface area contributed by atoms with E-state index in [0.717, 1.165) is 40.7 Å². The molecule has 4 aromatic rings. The maximum absolute atomic E-state index is 12.4. The molecule has 1 aromatic heterocycles. The van der Waals surface area contributed by atoms with Crippen LogP contribution in [0, 0.1) is 0 Å². The fraction of sp³-hybridized carbons (Fsp3) is 0.321. The minimum absolute atomic E-state index is 0.0863. The number of anilines is 1. The molecule has 0 spiro atoms. The third kappa shape index (κ3) is 7.14. The van der Waals surface area contributed by atoms with Gasteiger partial charge in [-0.2, -0.15) is 0 Å². The van der Waals surface area contributed by atoms with Gasteiger partial charge in [-0.1, -0.05) is 0 Å². The van der Waals surface area contributed by atoms with Gasteiger partial charge in [0, 0.05) is 0 Å². The summed E-state index contributed by atoms with van der Waals surface area (Å²) in [6, 6.07) is 18.1. The molecule has 10 nitrogen and oxygen atoms in total. The molecule has 0 radical (unpaired) electrons. The first-order valence-corrected chi connectivity index (χ1v) is 19.0. The number of benzene rings is 3. The van der Waals surface area contributed by atoms with Gasteiger partial charge in [-0.05, 0) is 0 Å². The number of aromatic nitrogens is 1. The zero-order valence-electron chi connectivity index (χ0n) is 23.1. The minimum atomic E-state index is -4.34. The number of hydroxylamine groups is 1. The topological polar surface area (TPSA) is 129 Å². The van der Waals surface area contributed by atoms with Crippen LogP contribution in [-0.2, 0) is 31.1 Å². The van der Waals surface area contributed by atoms with Gasteiger partial charge >= 0.3 is 257 Å². The summed E-state index contributed by atoms with van der Waals surface area (Å²) in [5.41, 5.74) is 4.39. The van der Waals surface area contributed by atoms with Crippen LogP contribution in [0.2, 0.25) is 0 Å². The number of fused-ring (bicyclic) bond motifs is 4. The fourth-order valence-corrected chi connectivity index (χ4v) is 9.82. The number of methoxy groups -OCH3 is 1. The van der Waals surface area contributed by atoms with Crippen LogP contribution >= 0.6 is 11.3 Å². The van der Waals surface area contributed by atoms with Gasteiger partial charge in [0.15, 0.2) is 0 Å². The first kappa shape index (κ1) is 30.9. The predicted octanol–water partition coefficient (Wildman–Crippen LogP) is 2.70. The third-order valence-electron chi connectivity index (χ3n) is 6.68. The van der Waals surface area contributed by atoms with Gasteiger partial charge < -0.3 is 0 Å². The Morgan fingerprint density at radius 3 is 2.64 bits per heavy atom. The van der Waals surface area contributed by atoms with Crippen LogP contribution in [-0.4, -0.2) is 68.1 Å². The third-order valence-corrected chi connectivity index (χ3v) is 12.1. The second kappa shape index (κ2) is 13.0. The summed E-state index contributed by atoms with van der Waals surface area (Å²) in [5, 5.41) is 3.11. The normalized spacial score (nSPS) is 14.7. The maximum atomic E-state index is 12.4. The van der Waals surface area contributed by atoms with Crippen molar-refractivity contribution in [3.8, 4) is 5.75 Å². The molecule has 3 aromatic carbocycles. The molecule has 0 fully saturated rings. The molecule has 2 heterocycles. The number of nitrogens with zero attached hydrogens (tertiary/aromatic N) is 2. The zero-order chi connectivity index (χ0) is 29.9. The Morgan fingerprint density at radius 2 is 1.88 bits per heavy atom. The van der Waals surface area contributed by atoms with E-state index in [1.54, 1.807) is 25.4 Å². The van der Waals surface area contributed by atoms with Crippen molar-refractivity contribution in [2.45, 2.75) is 26.3 Å². The Morgan fingerprint density at radius 1 is 1.07 bits per heavy atom. The summed E-state index contributed by atoms with van der Waals surface area (Å²) in [5.74, 6) is 0.105. The fourth-order valence-electron chi connectivity index (χ4n) is 4.84. The van der Waals surface area contributed by atoms with E-state index in [-0.39, 0.29) is 27.1 Å². The molecule has 0 amide bonds. The Bertz CT molecular complexity index is 1860. The first-order chi connectivity index (χ1) is 20.1. The summed E-state index contributed by atoms with van der Waals surface area (Å²) >= 11 is 1.53. The molecular weight excluding hydrogens is 665 g/mol. The Hall–Kier alpha value is -2.55. The van der Waals surface area contributed by atoms with Crippen molar-refractivity contribution in [1.29, 1.82) is 0 Å². The Balaban J connectivity index is 1.56. The number of nitrogens with one attached hydrogen (secondary N) is 1. The molecule has 0 bridgehead atoms. The molecule has 0 saturated carbocycles. The number of rotatable bonds is 13. The Labute approximate surface area is 255 Å². The monoisotopic (exact) mass is 697 g/mol.